The van der Waals surface area contributed by atoms with E-state index in [9.17, 15) is 9.59 Å². The zero-order valence-corrected chi connectivity index (χ0v) is 11.1. The number of rotatable bonds is 3. The third-order valence-corrected chi connectivity index (χ3v) is 3.72. The fourth-order valence-electron chi connectivity index (χ4n) is 1.58. The second kappa shape index (κ2) is 4.78. The van der Waals surface area contributed by atoms with Gasteiger partial charge in [-0.3, -0.25) is 4.79 Å². The highest BCUT2D eigenvalue weighted by molar-refractivity contribution is 7.17. The average Bonchev–Trinajstić information content (AvgIpc) is 2.94. The van der Waals surface area contributed by atoms with Crippen molar-refractivity contribution in [2.75, 3.05) is 7.11 Å². The van der Waals surface area contributed by atoms with E-state index in [1.165, 1.54) is 25.4 Å². The molecule has 2 heterocycles. The van der Waals surface area contributed by atoms with Crippen LogP contribution in [0.3, 0.4) is 0 Å². The molecule has 0 aliphatic heterocycles. The lowest BCUT2D eigenvalue weighted by Crippen LogP contribution is -2.00. The number of esters is 1. The summed E-state index contributed by atoms with van der Waals surface area (Å²) in [6, 6.07) is 5.19. The van der Waals surface area contributed by atoms with E-state index in [0.717, 1.165) is 4.88 Å². The molecule has 2 aromatic rings. The van der Waals surface area contributed by atoms with Crippen LogP contribution in [0.5, 0.6) is 0 Å². The zero-order valence-electron chi connectivity index (χ0n) is 10.3. The number of Topliss-reactive ketones (excluding diaryl/α,β-unsaturated/α-hetero) is 1. The number of aryl methyl sites for hydroxylation is 1. The summed E-state index contributed by atoms with van der Waals surface area (Å²) in [6.45, 7) is 3.22. The van der Waals surface area contributed by atoms with Crippen molar-refractivity contribution in [2.24, 2.45) is 0 Å². The van der Waals surface area contributed by atoms with Crippen molar-refractivity contribution < 1.29 is 18.7 Å². The Morgan fingerprint density at radius 1 is 1.33 bits per heavy atom. The van der Waals surface area contributed by atoms with E-state index in [0.29, 0.717) is 22.0 Å². The molecule has 94 valence electrons. The summed E-state index contributed by atoms with van der Waals surface area (Å²) >= 11 is 1.34. The highest BCUT2D eigenvalue weighted by Crippen LogP contribution is 2.31. The van der Waals surface area contributed by atoms with Crippen molar-refractivity contribution in [3.05, 3.63) is 34.4 Å². The molecule has 18 heavy (non-hydrogen) atoms. The van der Waals surface area contributed by atoms with Crippen molar-refractivity contribution >= 4 is 23.1 Å². The molecule has 5 heteroatoms. The quantitative estimate of drug-likeness (QED) is 0.630. The maximum absolute atomic E-state index is 11.5. The Bertz CT molecular complexity index is 606. The molecule has 0 aliphatic rings. The summed E-state index contributed by atoms with van der Waals surface area (Å²) in [6.07, 6.45) is 0. The first-order chi connectivity index (χ1) is 8.52. The molecule has 0 saturated heterocycles. The first-order valence-corrected chi connectivity index (χ1v) is 6.14. The number of furan rings is 1. The Labute approximate surface area is 108 Å². The largest absolute Gasteiger partial charge is 0.465 e. The van der Waals surface area contributed by atoms with E-state index >= 15 is 0 Å². The van der Waals surface area contributed by atoms with Crippen LogP contribution < -0.4 is 0 Å². The molecule has 0 fully saturated rings. The monoisotopic (exact) mass is 264 g/mol. The highest BCUT2D eigenvalue weighted by atomic mass is 32.1. The molecule has 0 aliphatic carbocycles. The van der Waals surface area contributed by atoms with E-state index in [1.54, 1.807) is 25.1 Å². The fraction of sp³-hybridized carbons (Fsp3) is 0.231. The average molecular weight is 264 g/mol. The molecule has 0 amide bonds. The van der Waals surface area contributed by atoms with Gasteiger partial charge in [-0.25, -0.2) is 4.79 Å². The number of ether oxygens (including phenoxy) is 1. The van der Waals surface area contributed by atoms with Crippen LogP contribution >= 0.6 is 11.3 Å². The first kappa shape index (κ1) is 12.6. The molecular formula is C13H12O4S. The summed E-state index contributed by atoms with van der Waals surface area (Å²) < 4.78 is 10.2. The lowest BCUT2D eigenvalue weighted by atomic mass is 10.2. The minimum absolute atomic E-state index is 0.0164. The second-order valence-electron chi connectivity index (χ2n) is 3.79. The molecule has 4 nitrogen and oxygen atoms in total. The topological polar surface area (TPSA) is 56.5 Å². The van der Waals surface area contributed by atoms with E-state index in [1.807, 2.05) is 0 Å². The maximum Gasteiger partial charge on any atom is 0.341 e. The smallest absolute Gasteiger partial charge is 0.341 e. The number of carbonyl (C=O) groups is 2. The molecule has 0 atom stereocenters. The molecule has 0 unspecified atom stereocenters. The summed E-state index contributed by atoms with van der Waals surface area (Å²) in [7, 11) is 1.33. The first-order valence-electron chi connectivity index (χ1n) is 5.33. The zero-order chi connectivity index (χ0) is 13.3. The minimum Gasteiger partial charge on any atom is -0.465 e. The fourth-order valence-corrected chi connectivity index (χ4v) is 2.43. The number of hydrogen-bond acceptors (Lipinski definition) is 5. The lowest BCUT2D eigenvalue weighted by Gasteiger charge is -1.93. The van der Waals surface area contributed by atoms with Crippen molar-refractivity contribution in [1.82, 2.24) is 0 Å². The van der Waals surface area contributed by atoms with Gasteiger partial charge in [0, 0.05) is 6.07 Å². The van der Waals surface area contributed by atoms with E-state index in [2.05, 4.69) is 4.74 Å². The molecule has 0 bridgehead atoms. The van der Waals surface area contributed by atoms with Gasteiger partial charge in [0.25, 0.3) is 0 Å². The van der Waals surface area contributed by atoms with Gasteiger partial charge in [0.1, 0.15) is 17.1 Å². The van der Waals surface area contributed by atoms with E-state index in [-0.39, 0.29) is 5.78 Å². The van der Waals surface area contributed by atoms with Crippen LogP contribution in [0.1, 0.15) is 32.7 Å². The molecule has 0 aromatic carbocycles. The molecule has 2 rings (SSSR count). The second-order valence-corrected chi connectivity index (χ2v) is 4.88. The van der Waals surface area contributed by atoms with Crippen LogP contribution in [0, 0.1) is 6.92 Å². The molecule has 0 N–H and O–H groups in total. The van der Waals surface area contributed by atoms with E-state index < -0.39 is 5.97 Å². The summed E-state index contributed by atoms with van der Waals surface area (Å²) in [4.78, 5) is 24.2. The summed E-state index contributed by atoms with van der Waals surface area (Å²) in [5.41, 5.74) is 0.408. The van der Waals surface area contributed by atoms with Crippen LogP contribution in [-0.4, -0.2) is 18.9 Å². The Hall–Kier alpha value is -1.88. The number of ketones is 1. The van der Waals surface area contributed by atoms with Crippen LogP contribution in [0.15, 0.2) is 22.6 Å². The van der Waals surface area contributed by atoms with Gasteiger partial charge in [0.2, 0.25) is 0 Å². The molecule has 0 spiro atoms. The molecular weight excluding hydrogens is 252 g/mol. The Kier molecular flexibility index (Phi) is 3.34. The van der Waals surface area contributed by atoms with Crippen molar-refractivity contribution in [3.8, 4) is 10.6 Å². The van der Waals surface area contributed by atoms with Crippen LogP contribution in [0.2, 0.25) is 0 Å². The summed E-state index contributed by atoms with van der Waals surface area (Å²) in [5.74, 6) is 0.675. The van der Waals surface area contributed by atoms with Gasteiger partial charge in [-0.05, 0) is 26.0 Å². The molecule has 0 radical (unpaired) electrons. The van der Waals surface area contributed by atoms with Gasteiger partial charge in [0.05, 0.1) is 16.9 Å². The standard InChI is InChI=1S/C13H12O4S/c1-7(14)11-4-5-12(18-11)10-6-9(8(2)17-10)13(15)16-3/h4-6H,1-3H3. The van der Waals surface area contributed by atoms with Crippen molar-refractivity contribution in [1.29, 1.82) is 0 Å². The Morgan fingerprint density at radius 2 is 2.06 bits per heavy atom. The van der Waals surface area contributed by atoms with Gasteiger partial charge in [-0.15, -0.1) is 11.3 Å². The minimum atomic E-state index is -0.425. The molecule has 0 saturated carbocycles. The van der Waals surface area contributed by atoms with Gasteiger partial charge in [-0.1, -0.05) is 0 Å². The van der Waals surface area contributed by atoms with Crippen LogP contribution in [0.25, 0.3) is 10.6 Å². The number of methoxy groups -OCH3 is 1. The third-order valence-electron chi connectivity index (χ3n) is 2.52. The normalized spacial score (nSPS) is 10.4. The van der Waals surface area contributed by atoms with Crippen molar-refractivity contribution in [3.63, 3.8) is 0 Å². The summed E-state index contributed by atoms with van der Waals surface area (Å²) in [5, 5.41) is 0. The number of hydrogen-bond donors (Lipinski definition) is 0. The number of carbonyl (C=O) groups excluding carboxylic acids is 2. The third kappa shape index (κ3) is 2.22. The molecule has 2 aromatic heterocycles. The van der Waals surface area contributed by atoms with Crippen molar-refractivity contribution in [2.45, 2.75) is 13.8 Å². The van der Waals surface area contributed by atoms with Gasteiger partial charge >= 0.3 is 5.97 Å². The maximum atomic E-state index is 11.5. The number of thiophene rings is 1. The highest BCUT2D eigenvalue weighted by Gasteiger charge is 2.17. The van der Waals surface area contributed by atoms with Gasteiger partial charge in [0.15, 0.2) is 5.78 Å². The van der Waals surface area contributed by atoms with E-state index in [4.69, 9.17) is 4.42 Å². The SMILES string of the molecule is COC(=O)c1cc(-c2ccc(C(C)=O)s2)oc1C. The van der Waals surface area contributed by atoms with Gasteiger partial charge < -0.3 is 9.15 Å². The van der Waals surface area contributed by atoms with Crippen LogP contribution in [-0.2, 0) is 4.74 Å². The Balaban J connectivity index is 2.39. The lowest BCUT2D eigenvalue weighted by molar-refractivity contribution is 0.0598. The van der Waals surface area contributed by atoms with Crippen LogP contribution in [0.4, 0.5) is 0 Å². The predicted octanol–water partition coefficient (Wildman–Crippen LogP) is 3.31. The predicted molar refractivity (Wildman–Crippen MR) is 68.1 cm³/mol. The van der Waals surface area contributed by atoms with Gasteiger partial charge in [-0.2, -0.15) is 0 Å². The Morgan fingerprint density at radius 3 is 2.61 bits per heavy atom.